The van der Waals surface area contributed by atoms with Gasteiger partial charge in [-0.25, -0.2) is 0 Å². The summed E-state index contributed by atoms with van der Waals surface area (Å²) in [6.45, 7) is 1.57. The Kier molecular flexibility index (Phi) is 5.18. The first kappa shape index (κ1) is 19.6. The second-order valence-electron chi connectivity index (χ2n) is 7.17. The average Bonchev–Trinajstić information content (AvgIpc) is 3.21. The highest BCUT2D eigenvalue weighted by Gasteiger charge is 2.34. The number of nitrogens with zero attached hydrogens (tertiary/aromatic N) is 1. The van der Waals surface area contributed by atoms with Crippen LogP contribution in [0.3, 0.4) is 0 Å². The molecule has 1 N–H and O–H groups in total. The Balaban J connectivity index is 1.29. The number of para-hydroxylation sites is 1. The highest BCUT2D eigenvalue weighted by atomic mass is 16.5. The maximum atomic E-state index is 12.5. The number of imide groups is 1. The summed E-state index contributed by atoms with van der Waals surface area (Å²) in [5, 5.41) is 0.793. The molecular weight excluding hydrogens is 384 g/mol. The molecule has 1 aliphatic heterocycles. The zero-order chi connectivity index (χ0) is 21.3. The maximum Gasteiger partial charge on any atom is 0.306 e. The number of hydrogen-bond acceptors (Lipinski definition) is 5. The molecule has 30 heavy (non-hydrogen) atoms. The fraction of sp³-hybridized carbons (Fsp3) is 0.217. The number of amides is 2. The molecule has 2 aromatic carbocycles. The molecule has 2 heterocycles. The maximum absolute atomic E-state index is 12.5. The van der Waals surface area contributed by atoms with Gasteiger partial charge < -0.3 is 9.72 Å². The van der Waals surface area contributed by atoms with Gasteiger partial charge in [0.1, 0.15) is 0 Å². The van der Waals surface area contributed by atoms with Crippen LogP contribution in [0.1, 0.15) is 49.6 Å². The largest absolute Gasteiger partial charge is 0.457 e. The predicted molar refractivity (Wildman–Crippen MR) is 109 cm³/mol. The van der Waals surface area contributed by atoms with E-state index in [0.717, 1.165) is 21.5 Å². The van der Waals surface area contributed by atoms with Crippen molar-refractivity contribution in [2.75, 3.05) is 13.2 Å². The van der Waals surface area contributed by atoms with Crippen molar-refractivity contribution in [1.29, 1.82) is 0 Å². The van der Waals surface area contributed by atoms with Crippen molar-refractivity contribution < 1.29 is 23.9 Å². The van der Waals surface area contributed by atoms with Crippen molar-refractivity contribution >= 4 is 34.5 Å². The van der Waals surface area contributed by atoms with E-state index in [1.165, 1.54) is 0 Å². The van der Waals surface area contributed by atoms with E-state index in [-0.39, 0.29) is 43.6 Å². The highest BCUT2D eigenvalue weighted by Crippen LogP contribution is 2.23. The number of carbonyl (C=O) groups excluding carboxylic acids is 4. The van der Waals surface area contributed by atoms with Crippen molar-refractivity contribution in [1.82, 2.24) is 9.88 Å². The Bertz CT molecular complexity index is 1140. The second kappa shape index (κ2) is 7.94. The average molecular weight is 404 g/mol. The minimum Gasteiger partial charge on any atom is -0.457 e. The molecule has 7 heteroatoms. The molecule has 0 fully saturated rings. The number of aromatic amines is 1. The molecule has 0 saturated carbocycles. The third kappa shape index (κ3) is 3.50. The summed E-state index contributed by atoms with van der Waals surface area (Å²) in [6.07, 6.45) is 0.276. The fourth-order valence-electron chi connectivity index (χ4n) is 3.75. The number of hydrogen-bond donors (Lipinski definition) is 1. The number of nitrogens with one attached hydrogen (secondary N) is 1. The number of Topliss-reactive ketones (excluding diaryl/α,β-unsaturated/α-hetero) is 1. The van der Waals surface area contributed by atoms with Crippen LogP contribution < -0.4 is 0 Å². The van der Waals surface area contributed by atoms with Gasteiger partial charge >= 0.3 is 5.97 Å². The van der Waals surface area contributed by atoms with Crippen LogP contribution in [-0.2, 0) is 9.53 Å². The molecule has 3 aromatic rings. The van der Waals surface area contributed by atoms with Crippen LogP contribution in [0.15, 0.2) is 48.5 Å². The monoisotopic (exact) mass is 404 g/mol. The van der Waals surface area contributed by atoms with Crippen LogP contribution >= 0.6 is 0 Å². The Morgan fingerprint density at radius 3 is 2.30 bits per heavy atom. The van der Waals surface area contributed by atoms with Gasteiger partial charge in [-0.2, -0.15) is 0 Å². The lowest BCUT2D eigenvalue weighted by molar-refractivity contribution is -0.142. The lowest BCUT2D eigenvalue weighted by atomic mass is 10.1. The number of aryl methyl sites for hydroxylation is 1. The standard InChI is InChI=1S/C23H20N2O5/c1-14-21(17-9-4-5-10-18(17)24-14)19(26)13-30-20(27)11-6-12-25-22(28)15-7-2-3-8-16(15)23(25)29/h2-5,7-10,24H,6,11-13H2,1H3. The van der Waals surface area contributed by atoms with Gasteiger partial charge in [0, 0.05) is 35.1 Å². The van der Waals surface area contributed by atoms with E-state index >= 15 is 0 Å². The van der Waals surface area contributed by atoms with E-state index < -0.39 is 5.97 Å². The van der Waals surface area contributed by atoms with Gasteiger partial charge in [-0.05, 0) is 31.5 Å². The Morgan fingerprint density at radius 1 is 0.967 bits per heavy atom. The van der Waals surface area contributed by atoms with Crippen LogP contribution in [-0.4, -0.2) is 46.6 Å². The third-order valence-corrected chi connectivity index (χ3v) is 5.18. The van der Waals surface area contributed by atoms with Crippen molar-refractivity contribution in [3.05, 3.63) is 70.9 Å². The number of rotatable bonds is 7. The number of ether oxygens (including phenoxy) is 1. The van der Waals surface area contributed by atoms with E-state index in [2.05, 4.69) is 4.98 Å². The van der Waals surface area contributed by atoms with E-state index in [0.29, 0.717) is 16.7 Å². The van der Waals surface area contributed by atoms with E-state index in [1.807, 2.05) is 24.3 Å². The van der Waals surface area contributed by atoms with Gasteiger partial charge in [0.25, 0.3) is 11.8 Å². The molecule has 0 bridgehead atoms. The molecule has 2 amide bonds. The normalized spacial score (nSPS) is 13.0. The van der Waals surface area contributed by atoms with Crippen molar-refractivity contribution in [3.63, 3.8) is 0 Å². The van der Waals surface area contributed by atoms with E-state index in [1.54, 1.807) is 31.2 Å². The third-order valence-electron chi connectivity index (χ3n) is 5.18. The Hall–Kier alpha value is -3.74. The molecule has 7 nitrogen and oxygen atoms in total. The van der Waals surface area contributed by atoms with Gasteiger partial charge in [0.2, 0.25) is 5.78 Å². The zero-order valence-corrected chi connectivity index (χ0v) is 16.4. The first-order valence-electron chi connectivity index (χ1n) is 9.68. The Morgan fingerprint density at radius 2 is 1.60 bits per heavy atom. The first-order valence-corrected chi connectivity index (χ1v) is 9.68. The second-order valence-corrected chi connectivity index (χ2v) is 7.17. The molecule has 0 aliphatic carbocycles. The minimum absolute atomic E-state index is 0.00749. The van der Waals surface area contributed by atoms with Crippen LogP contribution in [0.5, 0.6) is 0 Å². The van der Waals surface area contributed by atoms with Crippen LogP contribution in [0.2, 0.25) is 0 Å². The quantitative estimate of drug-likeness (QED) is 0.370. The minimum atomic E-state index is -0.544. The van der Waals surface area contributed by atoms with Crippen LogP contribution in [0.25, 0.3) is 10.9 Å². The van der Waals surface area contributed by atoms with Crippen molar-refractivity contribution in [3.8, 4) is 0 Å². The molecule has 152 valence electrons. The number of aromatic nitrogens is 1. The van der Waals surface area contributed by atoms with Crippen LogP contribution in [0, 0.1) is 6.92 Å². The van der Waals surface area contributed by atoms with Gasteiger partial charge in [-0.3, -0.25) is 24.1 Å². The smallest absolute Gasteiger partial charge is 0.306 e. The van der Waals surface area contributed by atoms with E-state index in [4.69, 9.17) is 4.74 Å². The van der Waals surface area contributed by atoms with Gasteiger partial charge in [-0.1, -0.05) is 30.3 Å². The number of esters is 1. The summed E-state index contributed by atoms with van der Waals surface area (Å²) in [5.74, 6) is -1.53. The first-order chi connectivity index (χ1) is 14.5. The lowest BCUT2D eigenvalue weighted by Crippen LogP contribution is -2.31. The molecule has 0 spiro atoms. The Labute approximate surface area is 172 Å². The molecule has 0 saturated heterocycles. The topological polar surface area (TPSA) is 96.5 Å². The molecular formula is C23H20N2O5. The zero-order valence-electron chi connectivity index (χ0n) is 16.4. The predicted octanol–water partition coefficient (Wildman–Crippen LogP) is 3.28. The SMILES string of the molecule is Cc1[nH]c2ccccc2c1C(=O)COC(=O)CCCN1C(=O)c2ccccc2C1=O. The number of benzene rings is 2. The molecule has 4 rings (SSSR count). The number of H-pyrrole nitrogens is 1. The molecule has 1 aliphatic rings. The summed E-state index contributed by atoms with van der Waals surface area (Å²) in [4.78, 5) is 53.5. The highest BCUT2D eigenvalue weighted by molar-refractivity contribution is 6.21. The number of fused-ring (bicyclic) bond motifs is 2. The lowest BCUT2D eigenvalue weighted by Gasteiger charge is -2.13. The number of carbonyl (C=O) groups is 4. The summed E-state index contributed by atoms with van der Waals surface area (Å²) >= 11 is 0. The van der Waals surface area contributed by atoms with E-state index in [9.17, 15) is 19.2 Å². The fourth-order valence-corrected chi connectivity index (χ4v) is 3.75. The molecule has 1 aromatic heterocycles. The number of ketones is 1. The van der Waals surface area contributed by atoms with Crippen molar-refractivity contribution in [2.24, 2.45) is 0 Å². The molecule has 0 unspecified atom stereocenters. The van der Waals surface area contributed by atoms with Gasteiger partial charge in [0.15, 0.2) is 6.61 Å². The summed E-state index contributed by atoms with van der Waals surface area (Å²) in [7, 11) is 0. The van der Waals surface area contributed by atoms with Crippen molar-refractivity contribution in [2.45, 2.75) is 19.8 Å². The molecule has 0 atom stereocenters. The van der Waals surface area contributed by atoms with Gasteiger partial charge in [-0.15, -0.1) is 0 Å². The molecule has 0 radical (unpaired) electrons. The summed E-state index contributed by atoms with van der Waals surface area (Å²) in [6, 6.07) is 14.1. The van der Waals surface area contributed by atoms with Crippen LogP contribution in [0.4, 0.5) is 0 Å². The summed E-state index contributed by atoms with van der Waals surface area (Å²) in [5.41, 5.74) is 2.85. The van der Waals surface area contributed by atoms with Gasteiger partial charge in [0.05, 0.1) is 11.1 Å². The summed E-state index contributed by atoms with van der Waals surface area (Å²) < 4.78 is 5.12.